The predicted octanol–water partition coefficient (Wildman–Crippen LogP) is 2.03. The SMILES string of the molecule is Cc1cnc(NC(=O)c2ccc3c(c2)CCN3S(C)(=O)=O)s1. The molecule has 0 atom stereocenters. The first-order valence-corrected chi connectivity index (χ1v) is 9.35. The molecule has 1 aliphatic heterocycles. The Morgan fingerprint density at radius 1 is 1.41 bits per heavy atom. The first-order chi connectivity index (χ1) is 10.3. The molecule has 8 heteroatoms. The molecule has 1 aromatic heterocycles. The van der Waals surface area contributed by atoms with E-state index in [1.165, 1.54) is 21.9 Å². The van der Waals surface area contributed by atoms with Crippen LogP contribution in [-0.4, -0.2) is 32.1 Å². The summed E-state index contributed by atoms with van der Waals surface area (Å²) in [6.07, 6.45) is 3.50. The number of rotatable bonds is 3. The van der Waals surface area contributed by atoms with Crippen molar-refractivity contribution >= 4 is 38.1 Å². The van der Waals surface area contributed by atoms with Crippen molar-refractivity contribution in [3.05, 3.63) is 40.4 Å². The molecule has 0 spiro atoms. The maximum absolute atomic E-state index is 12.2. The molecule has 2 heterocycles. The molecule has 0 bridgehead atoms. The molecular formula is C14H15N3O3S2. The van der Waals surface area contributed by atoms with Gasteiger partial charge in [-0.3, -0.25) is 14.4 Å². The van der Waals surface area contributed by atoms with E-state index in [0.717, 1.165) is 10.4 Å². The number of nitrogens with zero attached hydrogens (tertiary/aromatic N) is 2. The number of carbonyl (C=O) groups excluding carboxylic acids is 1. The van der Waals surface area contributed by atoms with Gasteiger partial charge in [-0.05, 0) is 37.1 Å². The molecule has 6 nitrogen and oxygen atoms in total. The molecule has 22 heavy (non-hydrogen) atoms. The number of hydrogen-bond acceptors (Lipinski definition) is 5. The molecule has 1 amide bonds. The highest BCUT2D eigenvalue weighted by Crippen LogP contribution is 2.31. The highest BCUT2D eigenvalue weighted by atomic mass is 32.2. The molecule has 0 unspecified atom stereocenters. The van der Waals surface area contributed by atoms with Gasteiger partial charge in [0.25, 0.3) is 5.91 Å². The molecule has 0 radical (unpaired) electrons. The van der Waals surface area contributed by atoms with E-state index in [-0.39, 0.29) is 5.91 Å². The molecular weight excluding hydrogens is 322 g/mol. The summed E-state index contributed by atoms with van der Waals surface area (Å²) < 4.78 is 24.8. The number of nitrogens with one attached hydrogen (secondary N) is 1. The zero-order chi connectivity index (χ0) is 15.9. The lowest BCUT2D eigenvalue weighted by molar-refractivity contribution is 0.102. The van der Waals surface area contributed by atoms with E-state index < -0.39 is 10.0 Å². The minimum Gasteiger partial charge on any atom is -0.298 e. The van der Waals surface area contributed by atoms with Crippen LogP contribution in [0, 0.1) is 6.92 Å². The van der Waals surface area contributed by atoms with Gasteiger partial charge in [0.1, 0.15) is 0 Å². The molecule has 116 valence electrons. The lowest BCUT2D eigenvalue weighted by Crippen LogP contribution is -2.27. The number of sulfonamides is 1. The number of hydrogen-bond donors (Lipinski definition) is 1. The molecule has 1 N–H and O–H groups in total. The minimum atomic E-state index is -3.27. The summed E-state index contributed by atoms with van der Waals surface area (Å²) in [6.45, 7) is 2.34. The second kappa shape index (κ2) is 5.36. The van der Waals surface area contributed by atoms with Crippen molar-refractivity contribution in [1.82, 2.24) is 4.98 Å². The summed E-state index contributed by atoms with van der Waals surface area (Å²) in [5.74, 6) is -0.241. The molecule has 3 rings (SSSR count). The van der Waals surface area contributed by atoms with Crippen LogP contribution in [-0.2, 0) is 16.4 Å². The van der Waals surface area contributed by atoms with E-state index in [9.17, 15) is 13.2 Å². The van der Waals surface area contributed by atoms with Gasteiger partial charge < -0.3 is 0 Å². The third kappa shape index (κ3) is 2.84. The Balaban J connectivity index is 1.84. The van der Waals surface area contributed by atoms with E-state index >= 15 is 0 Å². The normalized spacial score (nSPS) is 14.0. The van der Waals surface area contributed by atoms with Gasteiger partial charge in [0.15, 0.2) is 5.13 Å². The van der Waals surface area contributed by atoms with Gasteiger partial charge >= 0.3 is 0 Å². The third-order valence-electron chi connectivity index (χ3n) is 3.44. The highest BCUT2D eigenvalue weighted by molar-refractivity contribution is 7.92. The zero-order valence-corrected chi connectivity index (χ0v) is 13.8. The van der Waals surface area contributed by atoms with Crippen LogP contribution in [0.1, 0.15) is 20.8 Å². The molecule has 0 fully saturated rings. The zero-order valence-electron chi connectivity index (χ0n) is 12.2. The average molecular weight is 337 g/mol. The van der Waals surface area contributed by atoms with Crippen molar-refractivity contribution < 1.29 is 13.2 Å². The van der Waals surface area contributed by atoms with Crippen molar-refractivity contribution in [3.8, 4) is 0 Å². The maximum atomic E-state index is 12.2. The van der Waals surface area contributed by atoms with Gasteiger partial charge in [-0.2, -0.15) is 0 Å². The van der Waals surface area contributed by atoms with E-state index in [1.54, 1.807) is 24.4 Å². The molecule has 0 saturated carbocycles. The Bertz CT molecular complexity index is 843. The van der Waals surface area contributed by atoms with Crippen LogP contribution in [0.5, 0.6) is 0 Å². The predicted molar refractivity (Wildman–Crippen MR) is 87.1 cm³/mol. The highest BCUT2D eigenvalue weighted by Gasteiger charge is 2.26. The second-order valence-corrected chi connectivity index (χ2v) is 8.30. The Kier molecular flexibility index (Phi) is 3.65. The fourth-order valence-corrected chi connectivity index (χ4v) is 4.06. The number of anilines is 2. The number of aryl methyl sites for hydroxylation is 1. The Morgan fingerprint density at radius 3 is 2.82 bits per heavy atom. The average Bonchev–Trinajstić information content (AvgIpc) is 3.03. The smallest absolute Gasteiger partial charge is 0.257 e. The first-order valence-electron chi connectivity index (χ1n) is 6.69. The summed E-state index contributed by atoms with van der Waals surface area (Å²) in [6, 6.07) is 5.07. The maximum Gasteiger partial charge on any atom is 0.257 e. The molecule has 1 aromatic carbocycles. The first kappa shape index (κ1) is 15.0. The summed E-state index contributed by atoms with van der Waals surface area (Å²) in [7, 11) is -3.27. The summed E-state index contributed by atoms with van der Waals surface area (Å²) in [5.41, 5.74) is 2.03. The fraction of sp³-hybridized carbons (Fsp3) is 0.286. The van der Waals surface area contributed by atoms with E-state index in [4.69, 9.17) is 0 Å². The standard InChI is InChI=1S/C14H15N3O3S2/c1-9-8-15-14(21-9)16-13(18)11-3-4-12-10(7-11)5-6-17(12)22(2,19)20/h3-4,7-8H,5-6H2,1-2H3,(H,15,16,18). The minimum absolute atomic E-state index is 0.241. The van der Waals surface area contributed by atoms with Crippen molar-refractivity contribution in [1.29, 1.82) is 0 Å². The summed E-state index contributed by atoms with van der Waals surface area (Å²) in [4.78, 5) is 17.3. The molecule has 0 aliphatic carbocycles. The topological polar surface area (TPSA) is 79.4 Å². The molecule has 2 aromatic rings. The molecule has 0 saturated heterocycles. The van der Waals surface area contributed by atoms with Crippen LogP contribution >= 0.6 is 11.3 Å². The number of carbonyl (C=O) groups is 1. The van der Waals surface area contributed by atoms with Crippen molar-refractivity contribution in [3.63, 3.8) is 0 Å². The van der Waals surface area contributed by atoms with Crippen LogP contribution in [0.3, 0.4) is 0 Å². The largest absolute Gasteiger partial charge is 0.298 e. The Hall–Kier alpha value is -1.93. The van der Waals surface area contributed by atoms with Gasteiger partial charge in [-0.15, -0.1) is 11.3 Å². The van der Waals surface area contributed by atoms with Gasteiger partial charge in [-0.25, -0.2) is 13.4 Å². The second-order valence-electron chi connectivity index (χ2n) is 5.16. The van der Waals surface area contributed by atoms with Crippen molar-refractivity contribution in [2.75, 3.05) is 22.4 Å². The number of amides is 1. The fourth-order valence-electron chi connectivity index (χ4n) is 2.44. The van der Waals surface area contributed by atoms with Crippen LogP contribution in [0.15, 0.2) is 24.4 Å². The number of aromatic nitrogens is 1. The van der Waals surface area contributed by atoms with E-state index in [2.05, 4.69) is 10.3 Å². The van der Waals surface area contributed by atoms with Crippen LogP contribution in [0.25, 0.3) is 0 Å². The van der Waals surface area contributed by atoms with Crippen molar-refractivity contribution in [2.45, 2.75) is 13.3 Å². The molecule has 1 aliphatic rings. The van der Waals surface area contributed by atoms with Crippen LogP contribution in [0.2, 0.25) is 0 Å². The van der Waals surface area contributed by atoms with Crippen molar-refractivity contribution in [2.24, 2.45) is 0 Å². The van der Waals surface area contributed by atoms with Crippen LogP contribution < -0.4 is 9.62 Å². The summed E-state index contributed by atoms with van der Waals surface area (Å²) >= 11 is 1.41. The van der Waals surface area contributed by atoms with E-state index in [1.807, 2.05) is 6.92 Å². The monoisotopic (exact) mass is 337 g/mol. The lowest BCUT2D eigenvalue weighted by Gasteiger charge is -2.16. The number of fused-ring (bicyclic) bond motifs is 1. The van der Waals surface area contributed by atoms with Gasteiger partial charge in [-0.1, -0.05) is 0 Å². The number of thiazole rings is 1. The Morgan fingerprint density at radius 2 is 2.18 bits per heavy atom. The Labute approximate surface area is 132 Å². The quantitative estimate of drug-likeness (QED) is 0.929. The third-order valence-corrected chi connectivity index (χ3v) is 5.44. The van der Waals surface area contributed by atoms with Gasteiger partial charge in [0.05, 0.1) is 11.9 Å². The lowest BCUT2D eigenvalue weighted by atomic mass is 10.1. The summed E-state index contributed by atoms with van der Waals surface area (Å²) in [5, 5.41) is 3.30. The van der Waals surface area contributed by atoms with Gasteiger partial charge in [0, 0.05) is 23.2 Å². The van der Waals surface area contributed by atoms with Gasteiger partial charge in [0.2, 0.25) is 10.0 Å². The number of benzene rings is 1. The van der Waals surface area contributed by atoms with E-state index in [0.29, 0.717) is 29.3 Å². The van der Waals surface area contributed by atoms with Crippen LogP contribution in [0.4, 0.5) is 10.8 Å².